The number of aromatic nitrogens is 4. The number of nitrogens with one attached hydrogen (secondary N) is 1. The van der Waals surface area contributed by atoms with Crippen LogP contribution in [-0.4, -0.2) is 25.7 Å². The van der Waals surface area contributed by atoms with Crippen molar-refractivity contribution in [1.82, 2.24) is 25.1 Å². The van der Waals surface area contributed by atoms with Gasteiger partial charge in [-0.15, -0.1) is 0 Å². The van der Waals surface area contributed by atoms with E-state index in [2.05, 4.69) is 20.4 Å². The predicted molar refractivity (Wildman–Crippen MR) is 90.8 cm³/mol. The molecule has 0 radical (unpaired) electrons. The Bertz CT molecular complexity index is 877. The molecule has 0 atom stereocenters. The van der Waals surface area contributed by atoms with Crippen LogP contribution in [0.25, 0.3) is 11.3 Å². The SMILES string of the molecule is Cn1cc(-c2nccnc2CNC(=O)CCc2ccccc2F)cn1. The number of hydrogen-bond donors (Lipinski definition) is 1. The fourth-order valence-electron chi connectivity index (χ4n) is 2.50. The minimum absolute atomic E-state index is 0.161. The molecule has 25 heavy (non-hydrogen) atoms. The number of carbonyl (C=O) groups is 1. The van der Waals surface area contributed by atoms with Crippen LogP contribution in [0.2, 0.25) is 0 Å². The first-order valence-electron chi connectivity index (χ1n) is 7.92. The molecule has 0 saturated heterocycles. The maximum Gasteiger partial charge on any atom is 0.220 e. The molecule has 0 bridgehead atoms. The normalized spacial score (nSPS) is 10.6. The summed E-state index contributed by atoms with van der Waals surface area (Å²) >= 11 is 0. The summed E-state index contributed by atoms with van der Waals surface area (Å²) in [6.45, 7) is 0.258. The monoisotopic (exact) mass is 339 g/mol. The lowest BCUT2D eigenvalue weighted by Gasteiger charge is -2.08. The molecule has 3 aromatic rings. The van der Waals surface area contributed by atoms with Gasteiger partial charge in [0.15, 0.2) is 0 Å². The lowest BCUT2D eigenvalue weighted by Crippen LogP contribution is -2.24. The Kier molecular flexibility index (Phi) is 5.13. The number of benzene rings is 1. The van der Waals surface area contributed by atoms with Gasteiger partial charge in [0, 0.05) is 37.6 Å². The molecule has 0 aliphatic heterocycles. The number of halogens is 1. The maximum absolute atomic E-state index is 13.6. The highest BCUT2D eigenvalue weighted by molar-refractivity contribution is 5.76. The molecule has 2 aromatic heterocycles. The first kappa shape index (κ1) is 16.8. The Morgan fingerprint density at radius 2 is 2.04 bits per heavy atom. The standard InChI is InChI=1S/C18H18FN5O/c1-24-12-14(10-23-24)18-16(20-8-9-21-18)11-22-17(25)7-6-13-4-2-3-5-15(13)19/h2-5,8-10,12H,6-7,11H2,1H3,(H,22,25). The van der Waals surface area contributed by atoms with E-state index in [1.165, 1.54) is 6.07 Å². The average Bonchev–Trinajstić information content (AvgIpc) is 3.06. The van der Waals surface area contributed by atoms with Crippen molar-refractivity contribution < 1.29 is 9.18 Å². The predicted octanol–water partition coefficient (Wildman–Crippen LogP) is 2.27. The number of carbonyl (C=O) groups excluding carboxylic acids is 1. The van der Waals surface area contributed by atoms with Crippen LogP contribution >= 0.6 is 0 Å². The summed E-state index contributed by atoms with van der Waals surface area (Å²) in [5.41, 5.74) is 2.72. The summed E-state index contributed by atoms with van der Waals surface area (Å²) in [6, 6.07) is 6.47. The molecule has 1 aromatic carbocycles. The summed E-state index contributed by atoms with van der Waals surface area (Å²) in [4.78, 5) is 20.7. The van der Waals surface area contributed by atoms with Gasteiger partial charge in [0.1, 0.15) is 5.82 Å². The van der Waals surface area contributed by atoms with Crippen LogP contribution in [0, 0.1) is 5.82 Å². The van der Waals surface area contributed by atoms with Gasteiger partial charge in [0.2, 0.25) is 5.91 Å². The van der Waals surface area contributed by atoms with Crippen molar-refractivity contribution in [2.24, 2.45) is 7.05 Å². The Morgan fingerprint density at radius 1 is 1.24 bits per heavy atom. The van der Waals surface area contributed by atoms with Crippen molar-refractivity contribution in [2.75, 3.05) is 0 Å². The molecule has 128 valence electrons. The van der Waals surface area contributed by atoms with Gasteiger partial charge in [0.05, 0.1) is 24.1 Å². The summed E-state index contributed by atoms with van der Waals surface area (Å²) in [7, 11) is 1.82. The Hall–Kier alpha value is -3.09. The minimum Gasteiger partial charge on any atom is -0.350 e. The van der Waals surface area contributed by atoms with Crippen LogP contribution in [-0.2, 0) is 24.8 Å². The molecule has 0 unspecified atom stereocenters. The van der Waals surface area contributed by atoms with Crippen molar-refractivity contribution in [3.05, 3.63) is 66.1 Å². The third-order valence-electron chi connectivity index (χ3n) is 3.78. The van der Waals surface area contributed by atoms with Crippen molar-refractivity contribution in [2.45, 2.75) is 19.4 Å². The van der Waals surface area contributed by atoms with Crippen LogP contribution in [0.5, 0.6) is 0 Å². The largest absolute Gasteiger partial charge is 0.350 e. The van der Waals surface area contributed by atoms with Gasteiger partial charge in [-0.1, -0.05) is 18.2 Å². The van der Waals surface area contributed by atoms with Gasteiger partial charge in [-0.25, -0.2) is 4.39 Å². The zero-order valence-electron chi connectivity index (χ0n) is 13.8. The second-order valence-corrected chi connectivity index (χ2v) is 5.62. The molecule has 0 saturated carbocycles. The van der Waals surface area contributed by atoms with E-state index in [4.69, 9.17) is 0 Å². The molecular weight excluding hydrogens is 321 g/mol. The Labute approximate surface area is 144 Å². The highest BCUT2D eigenvalue weighted by atomic mass is 19.1. The molecule has 0 fully saturated rings. The van der Waals surface area contributed by atoms with E-state index in [-0.39, 0.29) is 24.7 Å². The van der Waals surface area contributed by atoms with E-state index in [0.29, 0.717) is 23.4 Å². The number of amides is 1. The van der Waals surface area contributed by atoms with E-state index in [1.807, 2.05) is 13.2 Å². The highest BCUT2D eigenvalue weighted by Gasteiger charge is 2.11. The summed E-state index contributed by atoms with van der Waals surface area (Å²) in [5, 5.41) is 6.94. The zero-order chi connectivity index (χ0) is 17.6. The third-order valence-corrected chi connectivity index (χ3v) is 3.78. The molecule has 1 N–H and O–H groups in total. The lowest BCUT2D eigenvalue weighted by atomic mass is 10.1. The number of nitrogens with zero attached hydrogens (tertiary/aromatic N) is 4. The van der Waals surface area contributed by atoms with Crippen molar-refractivity contribution in [3.63, 3.8) is 0 Å². The van der Waals surface area contributed by atoms with Gasteiger partial charge < -0.3 is 5.32 Å². The average molecular weight is 339 g/mol. The first-order valence-corrected chi connectivity index (χ1v) is 7.92. The molecular formula is C18H18FN5O. The van der Waals surface area contributed by atoms with Crippen molar-refractivity contribution in [1.29, 1.82) is 0 Å². The van der Waals surface area contributed by atoms with E-state index >= 15 is 0 Å². The topological polar surface area (TPSA) is 72.7 Å². The fourth-order valence-corrected chi connectivity index (χ4v) is 2.50. The Balaban J connectivity index is 1.60. The molecule has 0 aliphatic rings. The molecule has 0 aliphatic carbocycles. The first-order chi connectivity index (χ1) is 12.1. The molecule has 3 rings (SSSR count). The lowest BCUT2D eigenvalue weighted by molar-refractivity contribution is -0.121. The van der Waals surface area contributed by atoms with E-state index in [0.717, 1.165) is 5.56 Å². The minimum atomic E-state index is -0.289. The van der Waals surface area contributed by atoms with Gasteiger partial charge in [-0.3, -0.25) is 19.4 Å². The van der Waals surface area contributed by atoms with Crippen LogP contribution in [0.1, 0.15) is 17.7 Å². The van der Waals surface area contributed by atoms with Gasteiger partial charge >= 0.3 is 0 Å². The maximum atomic E-state index is 13.6. The fraction of sp³-hybridized carbons (Fsp3) is 0.222. The number of rotatable bonds is 6. The molecule has 0 spiro atoms. The van der Waals surface area contributed by atoms with Gasteiger partial charge in [0.25, 0.3) is 0 Å². The summed E-state index contributed by atoms with van der Waals surface area (Å²) in [5.74, 6) is -0.450. The highest BCUT2D eigenvalue weighted by Crippen LogP contribution is 2.18. The second-order valence-electron chi connectivity index (χ2n) is 5.62. The quantitative estimate of drug-likeness (QED) is 0.748. The molecule has 7 heteroatoms. The van der Waals surface area contributed by atoms with Gasteiger partial charge in [-0.2, -0.15) is 5.10 Å². The summed E-state index contributed by atoms with van der Waals surface area (Å²) < 4.78 is 15.3. The van der Waals surface area contributed by atoms with Crippen LogP contribution in [0.15, 0.2) is 49.1 Å². The summed E-state index contributed by atoms with van der Waals surface area (Å²) in [6.07, 6.45) is 7.30. The van der Waals surface area contributed by atoms with Crippen LogP contribution < -0.4 is 5.32 Å². The van der Waals surface area contributed by atoms with Crippen LogP contribution in [0.3, 0.4) is 0 Å². The number of aryl methyl sites for hydroxylation is 2. The van der Waals surface area contributed by atoms with E-state index < -0.39 is 0 Å². The van der Waals surface area contributed by atoms with E-state index in [9.17, 15) is 9.18 Å². The third kappa shape index (κ3) is 4.26. The van der Waals surface area contributed by atoms with Crippen LogP contribution in [0.4, 0.5) is 4.39 Å². The van der Waals surface area contributed by atoms with Crippen molar-refractivity contribution >= 4 is 5.91 Å². The van der Waals surface area contributed by atoms with Crippen molar-refractivity contribution in [3.8, 4) is 11.3 Å². The molecule has 2 heterocycles. The zero-order valence-corrected chi connectivity index (χ0v) is 13.8. The van der Waals surface area contributed by atoms with Gasteiger partial charge in [-0.05, 0) is 18.1 Å². The van der Waals surface area contributed by atoms with E-state index in [1.54, 1.807) is 41.5 Å². The number of hydrogen-bond acceptors (Lipinski definition) is 4. The smallest absolute Gasteiger partial charge is 0.220 e. The molecule has 1 amide bonds. The second kappa shape index (κ2) is 7.65. The molecule has 6 nitrogen and oxygen atoms in total. The Morgan fingerprint density at radius 3 is 2.80 bits per heavy atom.